The molecule has 2 amide bonds. The number of rotatable bonds is 8. The highest BCUT2D eigenvalue weighted by molar-refractivity contribution is 6.10. The number of hydrogen-bond donors (Lipinski definition) is 2. The van der Waals surface area contributed by atoms with Crippen LogP contribution in [0.5, 0.6) is 0 Å². The molecule has 30 heavy (non-hydrogen) atoms. The van der Waals surface area contributed by atoms with Gasteiger partial charge in [-0.3, -0.25) is 9.59 Å². The summed E-state index contributed by atoms with van der Waals surface area (Å²) in [6.45, 7) is 12.6. The minimum Gasteiger partial charge on any atom is -0.334 e. The van der Waals surface area contributed by atoms with Crippen molar-refractivity contribution in [1.82, 2.24) is 4.90 Å². The van der Waals surface area contributed by atoms with Gasteiger partial charge in [0.25, 0.3) is 5.91 Å². The van der Waals surface area contributed by atoms with E-state index in [4.69, 9.17) is 5.73 Å². The predicted octanol–water partition coefficient (Wildman–Crippen LogP) is 4.64. The van der Waals surface area contributed by atoms with Crippen LogP contribution in [0.15, 0.2) is 48.5 Å². The van der Waals surface area contributed by atoms with Gasteiger partial charge >= 0.3 is 0 Å². The van der Waals surface area contributed by atoms with Gasteiger partial charge in [0.2, 0.25) is 5.91 Å². The zero-order chi connectivity index (χ0) is 22.4. The van der Waals surface area contributed by atoms with Crippen molar-refractivity contribution in [2.24, 2.45) is 5.73 Å². The third-order valence-corrected chi connectivity index (χ3v) is 5.27. The molecule has 1 unspecified atom stereocenters. The fraction of sp³-hybridized carbons (Fsp3) is 0.440. The maximum atomic E-state index is 13.1. The first-order chi connectivity index (χ1) is 14.1. The summed E-state index contributed by atoms with van der Waals surface area (Å²) in [4.78, 5) is 27.7. The summed E-state index contributed by atoms with van der Waals surface area (Å²) in [6, 6.07) is 14.4. The monoisotopic (exact) mass is 409 g/mol. The molecule has 0 heterocycles. The Morgan fingerprint density at radius 3 is 1.87 bits per heavy atom. The maximum absolute atomic E-state index is 13.1. The van der Waals surface area contributed by atoms with Crippen molar-refractivity contribution in [3.8, 4) is 0 Å². The fourth-order valence-corrected chi connectivity index (χ4v) is 3.48. The van der Waals surface area contributed by atoms with Crippen molar-refractivity contribution in [1.29, 1.82) is 0 Å². The van der Waals surface area contributed by atoms with Gasteiger partial charge in [-0.05, 0) is 42.4 Å². The second kappa shape index (κ2) is 10.4. The molecular weight excluding hydrogens is 374 g/mol. The molecule has 0 saturated carbocycles. The van der Waals surface area contributed by atoms with Crippen molar-refractivity contribution < 1.29 is 9.59 Å². The molecule has 5 heteroatoms. The Kier molecular flexibility index (Phi) is 8.18. The molecule has 0 aliphatic carbocycles. The van der Waals surface area contributed by atoms with Crippen LogP contribution in [0, 0.1) is 0 Å². The molecule has 1 atom stereocenters. The lowest BCUT2D eigenvalue weighted by Crippen LogP contribution is -2.52. The minimum atomic E-state index is -1.27. The van der Waals surface area contributed by atoms with Crippen molar-refractivity contribution in [2.75, 3.05) is 5.32 Å². The summed E-state index contributed by atoms with van der Waals surface area (Å²) in [6.07, 6.45) is 0. The Morgan fingerprint density at radius 1 is 0.867 bits per heavy atom. The molecule has 2 rings (SSSR count). The van der Waals surface area contributed by atoms with Crippen LogP contribution < -0.4 is 11.1 Å². The molecule has 0 saturated heterocycles. The van der Waals surface area contributed by atoms with Gasteiger partial charge in [-0.25, -0.2) is 0 Å². The third-order valence-electron chi connectivity index (χ3n) is 5.27. The third kappa shape index (κ3) is 5.70. The summed E-state index contributed by atoms with van der Waals surface area (Å²) < 4.78 is 0. The van der Waals surface area contributed by atoms with Crippen LogP contribution in [0.2, 0.25) is 0 Å². The Labute approximate surface area is 180 Å². The van der Waals surface area contributed by atoms with Gasteiger partial charge in [0, 0.05) is 18.3 Å². The number of para-hydroxylation sites is 1. The SMILES string of the molecule is CC(C)c1cccc(C(C)C)c1NC(=O)C(N)C(=O)N(Cc1ccccc1)C(C)C. The number of benzene rings is 2. The summed E-state index contributed by atoms with van der Waals surface area (Å²) >= 11 is 0. The summed E-state index contributed by atoms with van der Waals surface area (Å²) in [5.41, 5.74) is 10.0. The van der Waals surface area contributed by atoms with E-state index in [1.54, 1.807) is 4.90 Å². The van der Waals surface area contributed by atoms with Crippen LogP contribution in [-0.4, -0.2) is 28.8 Å². The van der Waals surface area contributed by atoms with Crippen LogP contribution >= 0.6 is 0 Å². The van der Waals surface area contributed by atoms with Gasteiger partial charge in [0.15, 0.2) is 6.04 Å². The minimum absolute atomic E-state index is 0.0780. The Hall–Kier alpha value is -2.66. The predicted molar refractivity (Wildman–Crippen MR) is 123 cm³/mol. The lowest BCUT2D eigenvalue weighted by molar-refractivity contribution is -0.138. The van der Waals surface area contributed by atoms with Crippen molar-refractivity contribution in [2.45, 2.75) is 72.0 Å². The molecule has 2 aromatic carbocycles. The molecular formula is C25H35N3O2. The number of anilines is 1. The van der Waals surface area contributed by atoms with Gasteiger partial charge < -0.3 is 16.0 Å². The number of nitrogens with one attached hydrogen (secondary N) is 1. The summed E-state index contributed by atoms with van der Waals surface area (Å²) in [7, 11) is 0. The number of amides is 2. The second-order valence-corrected chi connectivity index (χ2v) is 8.63. The topological polar surface area (TPSA) is 75.4 Å². The van der Waals surface area contributed by atoms with Crippen LogP contribution in [0.1, 0.15) is 70.1 Å². The molecule has 3 N–H and O–H groups in total. The first-order valence-electron chi connectivity index (χ1n) is 10.7. The molecule has 5 nitrogen and oxygen atoms in total. The number of carbonyl (C=O) groups excluding carboxylic acids is 2. The fourth-order valence-electron chi connectivity index (χ4n) is 3.48. The number of nitrogens with zero attached hydrogens (tertiary/aromatic N) is 1. The van der Waals surface area contributed by atoms with E-state index >= 15 is 0 Å². The average molecular weight is 410 g/mol. The lowest BCUT2D eigenvalue weighted by atomic mass is 9.92. The highest BCUT2D eigenvalue weighted by Gasteiger charge is 2.30. The van der Waals surface area contributed by atoms with Gasteiger partial charge in [0.1, 0.15) is 0 Å². The average Bonchev–Trinajstić information content (AvgIpc) is 2.71. The molecule has 0 radical (unpaired) electrons. The van der Waals surface area contributed by atoms with E-state index in [9.17, 15) is 9.59 Å². The van der Waals surface area contributed by atoms with Gasteiger partial charge in [-0.2, -0.15) is 0 Å². The van der Waals surface area contributed by atoms with E-state index in [1.165, 1.54) is 0 Å². The largest absolute Gasteiger partial charge is 0.334 e. The first kappa shape index (κ1) is 23.6. The zero-order valence-electron chi connectivity index (χ0n) is 19.0. The van der Waals surface area contributed by atoms with Crippen LogP contribution in [-0.2, 0) is 16.1 Å². The summed E-state index contributed by atoms with van der Waals surface area (Å²) in [5.74, 6) is -0.388. The van der Waals surface area contributed by atoms with E-state index < -0.39 is 11.9 Å². The number of nitrogens with two attached hydrogens (primary N) is 1. The molecule has 0 bridgehead atoms. The van der Waals surface area contributed by atoms with Crippen LogP contribution in [0.25, 0.3) is 0 Å². The maximum Gasteiger partial charge on any atom is 0.251 e. The van der Waals surface area contributed by atoms with Crippen molar-refractivity contribution in [3.05, 3.63) is 65.2 Å². The molecule has 0 aromatic heterocycles. The standard InChI is InChI=1S/C25H35N3O2/c1-16(2)20-13-10-14-21(17(3)4)23(20)27-24(29)22(26)25(30)28(18(5)6)15-19-11-8-7-9-12-19/h7-14,16-18,22H,15,26H2,1-6H3,(H,27,29). The van der Waals surface area contributed by atoms with Crippen LogP contribution in [0.4, 0.5) is 5.69 Å². The molecule has 2 aromatic rings. The van der Waals surface area contributed by atoms with Gasteiger partial charge in [0.05, 0.1) is 0 Å². The van der Waals surface area contributed by atoms with Gasteiger partial charge in [-0.1, -0.05) is 76.2 Å². The molecule has 0 aliphatic heterocycles. The van der Waals surface area contributed by atoms with Crippen molar-refractivity contribution in [3.63, 3.8) is 0 Å². The highest BCUT2D eigenvalue weighted by Crippen LogP contribution is 2.32. The molecule has 162 valence electrons. The molecule has 0 fully saturated rings. The molecule has 0 spiro atoms. The Morgan fingerprint density at radius 2 is 1.40 bits per heavy atom. The smallest absolute Gasteiger partial charge is 0.251 e. The summed E-state index contributed by atoms with van der Waals surface area (Å²) in [5, 5.41) is 2.97. The lowest BCUT2D eigenvalue weighted by Gasteiger charge is -2.29. The number of carbonyl (C=O) groups is 2. The van der Waals surface area contributed by atoms with Gasteiger partial charge in [-0.15, -0.1) is 0 Å². The Balaban J connectivity index is 2.25. The quantitative estimate of drug-likeness (QED) is 0.624. The normalized spacial score (nSPS) is 12.3. The van der Waals surface area contributed by atoms with E-state index in [1.807, 2.05) is 62.4 Å². The zero-order valence-corrected chi connectivity index (χ0v) is 19.0. The molecule has 0 aliphatic rings. The highest BCUT2D eigenvalue weighted by atomic mass is 16.2. The van der Waals surface area contributed by atoms with E-state index in [2.05, 4.69) is 33.0 Å². The Bertz CT molecular complexity index is 834. The van der Waals surface area contributed by atoms with Crippen LogP contribution in [0.3, 0.4) is 0 Å². The van der Waals surface area contributed by atoms with E-state index in [-0.39, 0.29) is 23.8 Å². The van der Waals surface area contributed by atoms with E-state index in [0.717, 1.165) is 22.4 Å². The van der Waals surface area contributed by atoms with E-state index in [0.29, 0.717) is 6.54 Å². The second-order valence-electron chi connectivity index (χ2n) is 8.63. The first-order valence-corrected chi connectivity index (χ1v) is 10.7. The van der Waals surface area contributed by atoms with Crippen molar-refractivity contribution >= 4 is 17.5 Å². The number of hydrogen-bond acceptors (Lipinski definition) is 3.